The molecule has 0 radical (unpaired) electrons. The maximum Gasteiger partial charge on any atom is 0.122 e. The first-order chi connectivity index (χ1) is 9.95. The van der Waals surface area contributed by atoms with Gasteiger partial charge in [0.05, 0.1) is 6.61 Å². The van der Waals surface area contributed by atoms with E-state index in [0.717, 1.165) is 25.3 Å². The second-order valence-corrected chi connectivity index (χ2v) is 6.94. The van der Waals surface area contributed by atoms with Gasteiger partial charge < -0.3 is 15.0 Å². The van der Waals surface area contributed by atoms with E-state index >= 15 is 0 Å². The minimum absolute atomic E-state index is 0.375. The summed E-state index contributed by atoms with van der Waals surface area (Å²) in [5.74, 6) is 1.78. The lowest BCUT2D eigenvalue weighted by Crippen LogP contribution is -2.40. The summed E-state index contributed by atoms with van der Waals surface area (Å²) in [5, 5.41) is 3.80. The average molecular weight is 290 g/mol. The first-order valence-corrected chi connectivity index (χ1v) is 8.12. The summed E-state index contributed by atoms with van der Waals surface area (Å²) in [6, 6.07) is 7.53. The predicted molar refractivity (Wildman–Crippen MR) is 89.0 cm³/mol. The summed E-state index contributed by atoms with van der Waals surface area (Å²) >= 11 is 0. The van der Waals surface area contributed by atoms with E-state index in [4.69, 9.17) is 4.74 Å². The van der Waals surface area contributed by atoms with Gasteiger partial charge in [0.25, 0.3) is 0 Å². The van der Waals surface area contributed by atoms with Gasteiger partial charge in [-0.15, -0.1) is 0 Å². The molecule has 2 unspecified atom stereocenters. The Labute approximate surface area is 129 Å². The summed E-state index contributed by atoms with van der Waals surface area (Å²) in [5.41, 5.74) is 2.72. The van der Waals surface area contributed by atoms with Gasteiger partial charge in [-0.2, -0.15) is 0 Å². The lowest BCUT2D eigenvalue weighted by atomic mass is 9.99. The van der Waals surface area contributed by atoms with Crippen LogP contribution in [0.3, 0.4) is 0 Å². The van der Waals surface area contributed by atoms with Gasteiger partial charge in [0.1, 0.15) is 5.75 Å². The van der Waals surface area contributed by atoms with Crippen molar-refractivity contribution in [2.24, 2.45) is 5.92 Å². The molecule has 0 aromatic heterocycles. The minimum Gasteiger partial charge on any atom is -0.493 e. The fraction of sp³-hybridized carbons (Fsp3) is 0.667. The van der Waals surface area contributed by atoms with Crippen LogP contribution in [0.25, 0.3) is 0 Å². The van der Waals surface area contributed by atoms with Crippen molar-refractivity contribution in [2.75, 3.05) is 27.2 Å². The van der Waals surface area contributed by atoms with Crippen LogP contribution in [0.1, 0.15) is 44.4 Å². The first-order valence-electron chi connectivity index (χ1n) is 8.12. The number of hydrogen-bond donors (Lipinski definition) is 1. The Balaban J connectivity index is 2.02. The molecule has 2 atom stereocenters. The fourth-order valence-corrected chi connectivity index (χ4v) is 3.13. The Hall–Kier alpha value is -1.06. The molecule has 118 valence electrons. The highest BCUT2D eigenvalue weighted by Gasteiger charge is 2.18. The molecule has 1 N–H and O–H groups in total. The standard InChI is InChI=1S/C18H30N2O/c1-13(2)10-17(12-20(4)5)19-14(3)15-6-7-18-16(11-15)8-9-21-18/h6-7,11,13-14,17,19H,8-10,12H2,1-5H3. The molecule has 1 heterocycles. The molecule has 0 aliphatic carbocycles. The summed E-state index contributed by atoms with van der Waals surface area (Å²) in [4.78, 5) is 2.27. The second-order valence-electron chi connectivity index (χ2n) is 6.94. The molecule has 0 amide bonds. The van der Waals surface area contributed by atoms with E-state index < -0.39 is 0 Å². The zero-order valence-electron chi connectivity index (χ0n) is 14.1. The van der Waals surface area contributed by atoms with Gasteiger partial charge in [-0.1, -0.05) is 26.0 Å². The van der Waals surface area contributed by atoms with Crippen LogP contribution < -0.4 is 10.1 Å². The van der Waals surface area contributed by atoms with Crippen LogP contribution in [0.5, 0.6) is 5.75 Å². The third kappa shape index (κ3) is 4.72. The third-order valence-electron chi connectivity index (χ3n) is 4.04. The predicted octanol–water partition coefficient (Wildman–Crippen LogP) is 3.25. The van der Waals surface area contributed by atoms with Crippen LogP contribution in [-0.2, 0) is 6.42 Å². The number of likely N-dealkylation sites (N-methyl/N-ethyl adjacent to an activating group) is 1. The Morgan fingerprint density at radius 3 is 2.67 bits per heavy atom. The van der Waals surface area contributed by atoms with Crippen molar-refractivity contribution in [3.8, 4) is 5.75 Å². The molecule has 21 heavy (non-hydrogen) atoms. The highest BCUT2D eigenvalue weighted by atomic mass is 16.5. The highest BCUT2D eigenvalue weighted by Crippen LogP contribution is 2.28. The Morgan fingerprint density at radius 2 is 2.00 bits per heavy atom. The molecule has 3 nitrogen and oxygen atoms in total. The SMILES string of the molecule is CC(C)CC(CN(C)C)NC(C)c1ccc2c(c1)CCO2. The zero-order chi connectivity index (χ0) is 15.4. The Bertz CT molecular complexity index is 447. The van der Waals surface area contributed by atoms with Gasteiger partial charge in [0.15, 0.2) is 0 Å². The molecule has 0 saturated carbocycles. The summed E-state index contributed by atoms with van der Waals surface area (Å²) < 4.78 is 5.59. The van der Waals surface area contributed by atoms with E-state index in [-0.39, 0.29) is 0 Å². The molecule has 1 aromatic rings. The minimum atomic E-state index is 0.375. The molecule has 0 fully saturated rings. The van der Waals surface area contributed by atoms with Gasteiger partial charge in [0, 0.05) is 25.0 Å². The van der Waals surface area contributed by atoms with Crippen molar-refractivity contribution in [1.82, 2.24) is 10.2 Å². The van der Waals surface area contributed by atoms with Crippen molar-refractivity contribution < 1.29 is 4.74 Å². The van der Waals surface area contributed by atoms with Gasteiger partial charge in [-0.25, -0.2) is 0 Å². The van der Waals surface area contributed by atoms with Gasteiger partial charge >= 0.3 is 0 Å². The van der Waals surface area contributed by atoms with E-state index in [1.54, 1.807) is 0 Å². The van der Waals surface area contributed by atoms with Gasteiger partial charge in [-0.3, -0.25) is 0 Å². The second kappa shape index (κ2) is 7.28. The van der Waals surface area contributed by atoms with E-state index in [2.05, 4.69) is 63.3 Å². The highest BCUT2D eigenvalue weighted by molar-refractivity contribution is 5.40. The maximum absolute atomic E-state index is 5.59. The van der Waals surface area contributed by atoms with Crippen LogP contribution in [0.4, 0.5) is 0 Å². The molecule has 0 spiro atoms. The van der Waals surface area contributed by atoms with E-state index in [0.29, 0.717) is 18.0 Å². The number of nitrogens with one attached hydrogen (secondary N) is 1. The van der Waals surface area contributed by atoms with Crippen LogP contribution in [0, 0.1) is 5.92 Å². The number of hydrogen-bond acceptors (Lipinski definition) is 3. The monoisotopic (exact) mass is 290 g/mol. The fourth-order valence-electron chi connectivity index (χ4n) is 3.13. The Kier molecular flexibility index (Phi) is 5.65. The lowest BCUT2D eigenvalue weighted by Gasteiger charge is -2.27. The molecular formula is C18H30N2O. The number of benzene rings is 1. The maximum atomic E-state index is 5.59. The zero-order valence-corrected chi connectivity index (χ0v) is 14.1. The van der Waals surface area contributed by atoms with Crippen molar-refractivity contribution in [2.45, 2.75) is 45.7 Å². The molecule has 0 bridgehead atoms. The average Bonchev–Trinajstić information content (AvgIpc) is 2.83. The van der Waals surface area contributed by atoms with E-state index in [1.807, 2.05) is 0 Å². The van der Waals surface area contributed by atoms with Crippen molar-refractivity contribution in [3.05, 3.63) is 29.3 Å². The van der Waals surface area contributed by atoms with Gasteiger partial charge in [-0.05, 0) is 50.6 Å². The number of nitrogens with zero attached hydrogens (tertiary/aromatic N) is 1. The number of ether oxygens (including phenoxy) is 1. The molecule has 0 saturated heterocycles. The molecule has 1 aromatic carbocycles. The summed E-state index contributed by atoms with van der Waals surface area (Å²) in [6.45, 7) is 8.76. The molecule has 2 rings (SSSR count). The van der Waals surface area contributed by atoms with E-state index in [9.17, 15) is 0 Å². The molecule has 1 aliphatic rings. The summed E-state index contributed by atoms with van der Waals surface area (Å²) in [6.07, 6.45) is 2.25. The van der Waals surface area contributed by atoms with Crippen molar-refractivity contribution in [3.63, 3.8) is 0 Å². The van der Waals surface area contributed by atoms with Crippen LogP contribution in [0.2, 0.25) is 0 Å². The smallest absolute Gasteiger partial charge is 0.122 e. The number of fused-ring (bicyclic) bond motifs is 1. The summed E-state index contributed by atoms with van der Waals surface area (Å²) in [7, 11) is 4.29. The number of rotatable bonds is 7. The third-order valence-corrected chi connectivity index (χ3v) is 4.04. The normalized spacial score (nSPS) is 16.9. The van der Waals surface area contributed by atoms with Gasteiger partial charge in [0.2, 0.25) is 0 Å². The van der Waals surface area contributed by atoms with E-state index in [1.165, 1.54) is 17.5 Å². The first kappa shape index (κ1) is 16.3. The van der Waals surface area contributed by atoms with Crippen molar-refractivity contribution in [1.29, 1.82) is 0 Å². The largest absolute Gasteiger partial charge is 0.493 e. The van der Waals surface area contributed by atoms with Crippen LogP contribution in [-0.4, -0.2) is 38.2 Å². The topological polar surface area (TPSA) is 24.5 Å². The Morgan fingerprint density at radius 1 is 1.24 bits per heavy atom. The quantitative estimate of drug-likeness (QED) is 0.834. The molecule has 3 heteroatoms. The van der Waals surface area contributed by atoms with Crippen LogP contribution >= 0.6 is 0 Å². The molecule has 1 aliphatic heterocycles. The molecular weight excluding hydrogens is 260 g/mol. The lowest BCUT2D eigenvalue weighted by molar-refractivity contribution is 0.291. The van der Waals surface area contributed by atoms with Crippen LogP contribution in [0.15, 0.2) is 18.2 Å². The van der Waals surface area contributed by atoms with Crippen molar-refractivity contribution >= 4 is 0 Å².